The van der Waals surface area contributed by atoms with Gasteiger partial charge in [0.05, 0.1) is 5.92 Å². The SMILES string of the molecule is CCC(C)(CC)NC(=O)NCCC(C)C(=O)O. The van der Waals surface area contributed by atoms with Crippen molar-refractivity contribution in [3.63, 3.8) is 0 Å². The van der Waals surface area contributed by atoms with E-state index in [1.54, 1.807) is 6.92 Å². The summed E-state index contributed by atoms with van der Waals surface area (Å²) >= 11 is 0. The molecule has 3 N–H and O–H groups in total. The van der Waals surface area contributed by atoms with Gasteiger partial charge in [0.2, 0.25) is 0 Å². The van der Waals surface area contributed by atoms with Crippen molar-refractivity contribution >= 4 is 12.0 Å². The van der Waals surface area contributed by atoms with Crippen molar-refractivity contribution < 1.29 is 14.7 Å². The van der Waals surface area contributed by atoms with Crippen LogP contribution in [0.3, 0.4) is 0 Å². The van der Waals surface area contributed by atoms with Crippen LogP contribution >= 0.6 is 0 Å². The molecule has 0 radical (unpaired) electrons. The molecule has 0 saturated carbocycles. The molecule has 5 heteroatoms. The van der Waals surface area contributed by atoms with Crippen LogP contribution in [0.4, 0.5) is 4.79 Å². The van der Waals surface area contributed by atoms with E-state index in [0.717, 1.165) is 12.8 Å². The molecule has 0 bridgehead atoms. The van der Waals surface area contributed by atoms with Crippen LogP contribution in [0, 0.1) is 5.92 Å². The fraction of sp³-hybridized carbons (Fsp3) is 0.833. The van der Waals surface area contributed by atoms with Gasteiger partial charge in [-0.1, -0.05) is 20.8 Å². The minimum atomic E-state index is -0.834. The van der Waals surface area contributed by atoms with Crippen molar-refractivity contribution in [3.8, 4) is 0 Å². The predicted octanol–water partition coefficient (Wildman–Crippen LogP) is 1.98. The van der Waals surface area contributed by atoms with Crippen LogP contribution in [0.2, 0.25) is 0 Å². The normalized spacial score (nSPS) is 12.9. The Morgan fingerprint density at radius 1 is 1.29 bits per heavy atom. The topological polar surface area (TPSA) is 78.4 Å². The number of carbonyl (C=O) groups excluding carboxylic acids is 1. The van der Waals surface area contributed by atoms with E-state index in [-0.39, 0.29) is 11.6 Å². The summed E-state index contributed by atoms with van der Waals surface area (Å²) in [5.41, 5.74) is -0.192. The summed E-state index contributed by atoms with van der Waals surface area (Å²) in [5, 5.41) is 14.3. The van der Waals surface area contributed by atoms with Gasteiger partial charge < -0.3 is 15.7 Å². The van der Waals surface area contributed by atoms with Gasteiger partial charge >= 0.3 is 12.0 Å². The number of carbonyl (C=O) groups is 2. The Balaban J connectivity index is 3.92. The Hall–Kier alpha value is -1.26. The van der Waals surface area contributed by atoms with Crippen LogP contribution in [0.25, 0.3) is 0 Å². The van der Waals surface area contributed by atoms with Crippen molar-refractivity contribution in [2.45, 2.75) is 52.5 Å². The highest BCUT2D eigenvalue weighted by molar-refractivity contribution is 5.75. The highest BCUT2D eigenvalue weighted by Gasteiger charge is 2.21. The van der Waals surface area contributed by atoms with E-state index in [1.165, 1.54) is 0 Å². The molecule has 5 nitrogen and oxygen atoms in total. The molecule has 0 aliphatic rings. The maximum atomic E-state index is 11.6. The molecule has 2 amide bonds. The van der Waals surface area contributed by atoms with Crippen LogP contribution in [0.1, 0.15) is 47.0 Å². The number of hydrogen-bond donors (Lipinski definition) is 3. The third-order valence-electron chi connectivity index (χ3n) is 3.26. The second kappa shape index (κ2) is 7.14. The number of carboxylic acids is 1. The minimum Gasteiger partial charge on any atom is -0.481 e. The van der Waals surface area contributed by atoms with Gasteiger partial charge in [0, 0.05) is 12.1 Å². The van der Waals surface area contributed by atoms with Crippen molar-refractivity contribution in [2.24, 2.45) is 5.92 Å². The molecule has 1 unspecified atom stereocenters. The standard InChI is InChI=1S/C12H24N2O3/c1-5-12(4,6-2)14-11(17)13-8-7-9(3)10(15)16/h9H,5-8H2,1-4H3,(H,15,16)(H2,13,14,17). The first kappa shape index (κ1) is 15.7. The van der Waals surface area contributed by atoms with Gasteiger partial charge in [0.15, 0.2) is 0 Å². The number of hydrogen-bond acceptors (Lipinski definition) is 2. The zero-order chi connectivity index (χ0) is 13.5. The number of amides is 2. The van der Waals surface area contributed by atoms with Gasteiger partial charge in [-0.15, -0.1) is 0 Å². The van der Waals surface area contributed by atoms with E-state index >= 15 is 0 Å². The molecule has 0 rings (SSSR count). The average molecular weight is 244 g/mol. The number of aliphatic carboxylic acids is 1. The molecule has 0 spiro atoms. The quantitative estimate of drug-likeness (QED) is 0.640. The minimum absolute atomic E-state index is 0.192. The smallest absolute Gasteiger partial charge is 0.315 e. The lowest BCUT2D eigenvalue weighted by atomic mass is 9.96. The molecule has 0 aromatic heterocycles. The van der Waals surface area contributed by atoms with Crippen molar-refractivity contribution in [3.05, 3.63) is 0 Å². The summed E-state index contributed by atoms with van der Waals surface area (Å²) < 4.78 is 0. The molecule has 0 aliphatic heterocycles. The van der Waals surface area contributed by atoms with E-state index < -0.39 is 11.9 Å². The first-order valence-electron chi connectivity index (χ1n) is 6.13. The van der Waals surface area contributed by atoms with E-state index in [9.17, 15) is 9.59 Å². The maximum Gasteiger partial charge on any atom is 0.315 e. The van der Waals surface area contributed by atoms with Crippen LogP contribution in [-0.4, -0.2) is 29.2 Å². The molecular formula is C12H24N2O3. The fourth-order valence-corrected chi connectivity index (χ4v) is 1.27. The second-order valence-electron chi connectivity index (χ2n) is 4.68. The van der Waals surface area contributed by atoms with Crippen LogP contribution in [0.5, 0.6) is 0 Å². The van der Waals surface area contributed by atoms with E-state index in [4.69, 9.17) is 5.11 Å². The highest BCUT2D eigenvalue weighted by Crippen LogP contribution is 2.12. The van der Waals surface area contributed by atoms with Gasteiger partial charge in [-0.3, -0.25) is 4.79 Å². The van der Waals surface area contributed by atoms with Crippen molar-refractivity contribution in [1.82, 2.24) is 10.6 Å². The van der Waals surface area contributed by atoms with E-state index in [0.29, 0.717) is 13.0 Å². The zero-order valence-electron chi connectivity index (χ0n) is 11.2. The molecule has 0 fully saturated rings. The molecule has 100 valence electrons. The molecule has 0 aromatic carbocycles. The summed E-state index contributed by atoms with van der Waals surface area (Å²) in [6, 6.07) is -0.228. The number of rotatable bonds is 7. The summed E-state index contributed by atoms with van der Waals surface area (Å²) in [5.74, 6) is -1.27. The van der Waals surface area contributed by atoms with E-state index in [2.05, 4.69) is 10.6 Å². The zero-order valence-corrected chi connectivity index (χ0v) is 11.2. The average Bonchev–Trinajstić information content (AvgIpc) is 2.28. The first-order chi connectivity index (χ1) is 7.84. The third-order valence-corrected chi connectivity index (χ3v) is 3.26. The number of nitrogens with one attached hydrogen (secondary N) is 2. The molecule has 0 saturated heterocycles. The summed E-state index contributed by atoms with van der Waals surface area (Å²) in [7, 11) is 0. The Bertz CT molecular complexity index is 262. The Labute approximate surface area is 103 Å². The molecule has 0 aliphatic carbocycles. The molecular weight excluding hydrogens is 220 g/mol. The molecule has 0 heterocycles. The van der Waals surface area contributed by atoms with Gasteiger partial charge in [-0.2, -0.15) is 0 Å². The lowest BCUT2D eigenvalue weighted by molar-refractivity contribution is -0.141. The molecule has 0 aromatic rings. The van der Waals surface area contributed by atoms with Gasteiger partial charge in [-0.05, 0) is 26.2 Å². The maximum absolute atomic E-state index is 11.6. The van der Waals surface area contributed by atoms with Crippen LogP contribution in [-0.2, 0) is 4.79 Å². The van der Waals surface area contributed by atoms with E-state index in [1.807, 2.05) is 20.8 Å². The summed E-state index contributed by atoms with van der Waals surface area (Å²) in [6.07, 6.45) is 2.17. The Morgan fingerprint density at radius 2 is 1.82 bits per heavy atom. The lowest BCUT2D eigenvalue weighted by Crippen LogP contribution is -2.49. The van der Waals surface area contributed by atoms with Gasteiger partial charge in [-0.25, -0.2) is 4.79 Å². The third kappa shape index (κ3) is 6.14. The Kier molecular flexibility index (Phi) is 6.61. The second-order valence-corrected chi connectivity index (χ2v) is 4.68. The molecule has 1 atom stereocenters. The number of carboxylic acid groups (broad SMARTS) is 1. The lowest BCUT2D eigenvalue weighted by Gasteiger charge is -2.28. The predicted molar refractivity (Wildman–Crippen MR) is 66.9 cm³/mol. The first-order valence-corrected chi connectivity index (χ1v) is 6.13. The van der Waals surface area contributed by atoms with Crippen molar-refractivity contribution in [1.29, 1.82) is 0 Å². The van der Waals surface area contributed by atoms with Gasteiger partial charge in [0.1, 0.15) is 0 Å². The van der Waals surface area contributed by atoms with Crippen molar-refractivity contribution in [2.75, 3.05) is 6.54 Å². The van der Waals surface area contributed by atoms with Crippen LogP contribution in [0.15, 0.2) is 0 Å². The largest absolute Gasteiger partial charge is 0.481 e. The fourth-order valence-electron chi connectivity index (χ4n) is 1.27. The Morgan fingerprint density at radius 3 is 2.24 bits per heavy atom. The number of urea groups is 1. The highest BCUT2D eigenvalue weighted by atomic mass is 16.4. The van der Waals surface area contributed by atoms with Crippen LogP contribution < -0.4 is 10.6 Å². The summed E-state index contributed by atoms with van der Waals surface area (Å²) in [4.78, 5) is 22.1. The van der Waals surface area contributed by atoms with Gasteiger partial charge in [0.25, 0.3) is 0 Å². The monoisotopic (exact) mass is 244 g/mol. The molecule has 17 heavy (non-hydrogen) atoms. The summed E-state index contributed by atoms with van der Waals surface area (Å²) in [6.45, 7) is 8.05.